The summed E-state index contributed by atoms with van der Waals surface area (Å²) < 4.78 is 47.2. The van der Waals surface area contributed by atoms with Gasteiger partial charge in [0.1, 0.15) is 0 Å². The van der Waals surface area contributed by atoms with Crippen LogP contribution in [-0.2, 0) is 9.84 Å². The van der Waals surface area contributed by atoms with E-state index < -0.39 is 20.5 Å². The summed E-state index contributed by atoms with van der Waals surface area (Å²) in [6.07, 6.45) is 0.994. The first-order valence-corrected chi connectivity index (χ1v) is 8.05. The molecule has 0 aromatic heterocycles. The lowest BCUT2D eigenvalue weighted by molar-refractivity contribution is 0.0954. The van der Waals surface area contributed by atoms with Gasteiger partial charge in [-0.3, -0.25) is 4.79 Å². The van der Waals surface area contributed by atoms with Gasteiger partial charge in [0, 0.05) is 18.7 Å². The second-order valence-corrected chi connectivity index (χ2v) is 6.25. The van der Waals surface area contributed by atoms with Gasteiger partial charge in [-0.15, -0.1) is 0 Å². The fourth-order valence-electron chi connectivity index (χ4n) is 1.57. The molecule has 1 aromatic carbocycles. The number of sulfone groups is 1. The SMILES string of the molecule is CCCNCCNC(=O)c1ccc(S(=O)(=O)C(F)F)cc1. The molecule has 0 bridgehead atoms. The number of hydrogen-bond acceptors (Lipinski definition) is 4. The summed E-state index contributed by atoms with van der Waals surface area (Å²) in [5, 5.41) is 5.75. The van der Waals surface area contributed by atoms with Gasteiger partial charge in [0.25, 0.3) is 5.91 Å². The molecule has 2 N–H and O–H groups in total. The van der Waals surface area contributed by atoms with E-state index in [1.54, 1.807) is 0 Å². The second-order valence-electron chi connectivity index (χ2n) is 4.34. The molecule has 0 spiro atoms. The number of halogens is 2. The lowest BCUT2D eigenvalue weighted by Crippen LogP contribution is -2.32. The van der Waals surface area contributed by atoms with E-state index in [9.17, 15) is 22.0 Å². The molecule has 8 heteroatoms. The zero-order valence-corrected chi connectivity index (χ0v) is 12.4. The molecule has 1 amide bonds. The van der Waals surface area contributed by atoms with Gasteiger partial charge in [0.15, 0.2) is 0 Å². The first kappa shape index (κ1) is 17.5. The Hall–Kier alpha value is -1.54. The van der Waals surface area contributed by atoms with Crippen LogP contribution in [0.3, 0.4) is 0 Å². The first-order chi connectivity index (χ1) is 9.89. The minimum Gasteiger partial charge on any atom is -0.351 e. The molecule has 0 radical (unpaired) electrons. The van der Waals surface area contributed by atoms with Gasteiger partial charge in [-0.05, 0) is 37.2 Å². The van der Waals surface area contributed by atoms with Crippen molar-refractivity contribution in [1.29, 1.82) is 0 Å². The van der Waals surface area contributed by atoms with Crippen molar-refractivity contribution in [2.45, 2.75) is 24.0 Å². The van der Waals surface area contributed by atoms with Crippen molar-refractivity contribution in [1.82, 2.24) is 10.6 Å². The Labute approximate surface area is 122 Å². The third kappa shape index (κ3) is 5.05. The molecule has 0 aliphatic heterocycles. The highest BCUT2D eigenvalue weighted by molar-refractivity contribution is 7.91. The fourth-order valence-corrected chi connectivity index (χ4v) is 2.29. The third-order valence-electron chi connectivity index (χ3n) is 2.69. The molecule has 0 aliphatic rings. The zero-order valence-electron chi connectivity index (χ0n) is 11.6. The second kappa shape index (κ2) is 8.04. The minimum atomic E-state index is -4.62. The average Bonchev–Trinajstić information content (AvgIpc) is 2.46. The summed E-state index contributed by atoms with van der Waals surface area (Å²) in [6, 6.07) is 4.44. The molecule has 1 rings (SSSR count). The predicted molar refractivity (Wildman–Crippen MR) is 75.1 cm³/mol. The van der Waals surface area contributed by atoms with Gasteiger partial charge in [0.2, 0.25) is 9.84 Å². The molecule has 0 fully saturated rings. The van der Waals surface area contributed by atoms with Crippen LogP contribution in [-0.4, -0.2) is 39.7 Å². The Kier molecular flexibility index (Phi) is 6.70. The van der Waals surface area contributed by atoms with Gasteiger partial charge >= 0.3 is 5.76 Å². The molecule has 0 atom stereocenters. The lowest BCUT2D eigenvalue weighted by Gasteiger charge is -2.07. The van der Waals surface area contributed by atoms with Crippen molar-refractivity contribution >= 4 is 15.7 Å². The Morgan fingerprint density at radius 3 is 2.29 bits per heavy atom. The first-order valence-electron chi connectivity index (χ1n) is 6.50. The van der Waals surface area contributed by atoms with Crippen molar-refractivity contribution in [3.05, 3.63) is 29.8 Å². The van der Waals surface area contributed by atoms with Gasteiger partial charge in [-0.25, -0.2) is 8.42 Å². The maximum Gasteiger partial charge on any atom is 0.341 e. The molecule has 0 aliphatic carbocycles. The van der Waals surface area contributed by atoms with E-state index in [-0.39, 0.29) is 11.5 Å². The van der Waals surface area contributed by atoms with Crippen LogP contribution in [0.4, 0.5) is 8.78 Å². The number of carbonyl (C=O) groups is 1. The number of carbonyl (C=O) groups excluding carboxylic acids is 1. The number of nitrogens with one attached hydrogen (secondary N) is 2. The van der Waals surface area contributed by atoms with Crippen molar-refractivity contribution in [2.24, 2.45) is 0 Å². The molecule has 0 unspecified atom stereocenters. The van der Waals surface area contributed by atoms with Crippen LogP contribution in [0.1, 0.15) is 23.7 Å². The monoisotopic (exact) mass is 320 g/mol. The Morgan fingerprint density at radius 2 is 1.76 bits per heavy atom. The molecule has 1 aromatic rings. The van der Waals surface area contributed by atoms with Crippen LogP contribution in [0.2, 0.25) is 0 Å². The average molecular weight is 320 g/mol. The van der Waals surface area contributed by atoms with Crippen LogP contribution in [0, 0.1) is 0 Å². The molecule has 0 heterocycles. The van der Waals surface area contributed by atoms with Crippen LogP contribution in [0.25, 0.3) is 0 Å². The number of alkyl halides is 2. The molecule has 5 nitrogen and oxygen atoms in total. The van der Waals surface area contributed by atoms with E-state index in [0.717, 1.165) is 25.1 Å². The smallest absolute Gasteiger partial charge is 0.341 e. The quantitative estimate of drug-likeness (QED) is 0.710. The maximum absolute atomic E-state index is 12.4. The Balaban J connectivity index is 2.60. The van der Waals surface area contributed by atoms with Crippen LogP contribution in [0.15, 0.2) is 29.2 Å². The number of hydrogen-bond donors (Lipinski definition) is 2. The number of amides is 1. The van der Waals surface area contributed by atoms with Crippen LogP contribution < -0.4 is 10.6 Å². The standard InChI is InChI=1S/C13H18F2N2O3S/c1-2-7-16-8-9-17-12(18)10-3-5-11(6-4-10)21(19,20)13(14)15/h3-6,13,16H,2,7-9H2,1H3,(H,17,18). The summed E-state index contributed by atoms with van der Waals surface area (Å²) in [7, 11) is -4.62. The molecule has 118 valence electrons. The summed E-state index contributed by atoms with van der Waals surface area (Å²) >= 11 is 0. The van der Waals surface area contributed by atoms with Crippen LogP contribution in [0.5, 0.6) is 0 Å². The Morgan fingerprint density at radius 1 is 1.14 bits per heavy atom. The molecular formula is C13H18F2N2O3S. The number of rotatable bonds is 8. The highest BCUT2D eigenvalue weighted by Crippen LogP contribution is 2.18. The van der Waals surface area contributed by atoms with Crippen molar-refractivity contribution in [3.8, 4) is 0 Å². The number of benzene rings is 1. The van der Waals surface area contributed by atoms with Gasteiger partial charge in [-0.2, -0.15) is 8.78 Å². The van der Waals surface area contributed by atoms with E-state index in [4.69, 9.17) is 0 Å². The highest BCUT2D eigenvalue weighted by Gasteiger charge is 2.26. The minimum absolute atomic E-state index is 0.221. The largest absolute Gasteiger partial charge is 0.351 e. The normalized spacial score (nSPS) is 11.6. The van der Waals surface area contributed by atoms with Gasteiger partial charge < -0.3 is 10.6 Å². The summed E-state index contributed by atoms with van der Waals surface area (Å²) in [5.41, 5.74) is 0.221. The maximum atomic E-state index is 12.4. The highest BCUT2D eigenvalue weighted by atomic mass is 32.2. The molecular weight excluding hydrogens is 302 g/mol. The summed E-state index contributed by atoms with van der Waals surface area (Å²) in [5.74, 6) is -3.85. The van der Waals surface area contributed by atoms with E-state index in [1.807, 2.05) is 6.92 Å². The Bertz CT molecular complexity index is 559. The van der Waals surface area contributed by atoms with Crippen molar-refractivity contribution in [2.75, 3.05) is 19.6 Å². The zero-order chi connectivity index (χ0) is 15.9. The van der Waals surface area contributed by atoms with Crippen molar-refractivity contribution in [3.63, 3.8) is 0 Å². The van der Waals surface area contributed by atoms with Gasteiger partial charge in [0.05, 0.1) is 4.90 Å². The predicted octanol–water partition coefficient (Wildman–Crippen LogP) is 1.41. The fraction of sp³-hybridized carbons (Fsp3) is 0.462. The van der Waals surface area contributed by atoms with Crippen LogP contribution >= 0.6 is 0 Å². The molecule has 0 saturated carbocycles. The summed E-state index contributed by atoms with van der Waals surface area (Å²) in [4.78, 5) is 11.2. The topological polar surface area (TPSA) is 75.3 Å². The van der Waals surface area contributed by atoms with E-state index in [1.165, 1.54) is 12.1 Å². The molecule has 21 heavy (non-hydrogen) atoms. The van der Waals surface area contributed by atoms with E-state index >= 15 is 0 Å². The lowest BCUT2D eigenvalue weighted by atomic mass is 10.2. The van der Waals surface area contributed by atoms with Crippen molar-refractivity contribution < 1.29 is 22.0 Å². The molecule has 0 saturated heterocycles. The van der Waals surface area contributed by atoms with E-state index in [2.05, 4.69) is 10.6 Å². The van der Waals surface area contributed by atoms with E-state index in [0.29, 0.717) is 13.1 Å². The third-order valence-corrected chi connectivity index (χ3v) is 4.09. The van der Waals surface area contributed by atoms with Gasteiger partial charge in [-0.1, -0.05) is 6.92 Å². The summed E-state index contributed by atoms with van der Waals surface area (Å²) in [6.45, 7) is 3.93.